The van der Waals surface area contributed by atoms with Crippen LogP contribution < -0.4 is 14.8 Å². The summed E-state index contributed by atoms with van der Waals surface area (Å²) in [4.78, 5) is 28.1. The average molecular weight is 489 g/mol. The fraction of sp³-hybridized carbons (Fsp3) is 0.417. The second-order valence-electron chi connectivity index (χ2n) is 7.59. The highest BCUT2D eigenvalue weighted by molar-refractivity contribution is 9.10. The number of hydrogen-bond donors (Lipinski definition) is 1. The van der Waals surface area contributed by atoms with E-state index in [0.717, 1.165) is 37.9 Å². The Balaban J connectivity index is 1.82. The van der Waals surface area contributed by atoms with E-state index < -0.39 is 6.04 Å². The smallest absolute Gasteiger partial charge is 0.252 e. The van der Waals surface area contributed by atoms with Gasteiger partial charge in [0.1, 0.15) is 6.04 Å². The molecule has 7 heteroatoms. The standard InChI is InChI=1S/C24H29BrN2O4/c1-3-13-31-22-19(25)15-18(16-21(22)30-2)23(28)26-20(14-17-9-5-4-6-10-17)24(29)27-11-7-8-12-27/h4-6,9-10,15-16,20H,3,7-8,11-14H2,1-2H3,(H,26,28). The van der Waals surface area contributed by atoms with Crippen LogP contribution in [0.2, 0.25) is 0 Å². The topological polar surface area (TPSA) is 67.9 Å². The summed E-state index contributed by atoms with van der Waals surface area (Å²) >= 11 is 3.48. The van der Waals surface area contributed by atoms with Gasteiger partial charge in [0.2, 0.25) is 5.91 Å². The van der Waals surface area contributed by atoms with Crippen LogP contribution in [-0.2, 0) is 11.2 Å². The van der Waals surface area contributed by atoms with E-state index in [-0.39, 0.29) is 11.8 Å². The molecule has 1 N–H and O–H groups in total. The molecule has 1 unspecified atom stereocenters. The highest BCUT2D eigenvalue weighted by atomic mass is 79.9. The molecule has 1 atom stereocenters. The predicted molar refractivity (Wildman–Crippen MR) is 124 cm³/mol. The van der Waals surface area contributed by atoms with Crippen LogP contribution in [0.4, 0.5) is 0 Å². The van der Waals surface area contributed by atoms with Crippen molar-refractivity contribution in [3.63, 3.8) is 0 Å². The second kappa shape index (κ2) is 11.2. The van der Waals surface area contributed by atoms with Gasteiger partial charge in [-0.3, -0.25) is 9.59 Å². The van der Waals surface area contributed by atoms with E-state index in [9.17, 15) is 9.59 Å². The first kappa shape index (κ1) is 23.1. The lowest BCUT2D eigenvalue weighted by atomic mass is 10.0. The number of carbonyl (C=O) groups is 2. The first-order chi connectivity index (χ1) is 15.0. The van der Waals surface area contributed by atoms with Gasteiger partial charge in [0.15, 0.2) is 11.5 Å². The molecule has 1 saturated heterocycles. The van der Waals surface area contributed by atoms with E-state index in [1.807, 2.05) is 42.2 Å². The quantitative estimate of drug-likeness (QED) is 0.573. The lowest BCUT2D eigenvalue weighted by molar-refractivity contribution is -0.132. The van der Waals surface area contributed by atoms with E-state index in [2.05, 4.69) is 21.2 Å². The van der Waals surface area contributed by atoms with Crippen molar-refractivity contribution in [2.24, 2.45) is 0 Å². The number of methoxy groups -OCH3 is 1. The molecular weight excluding hydrogens is 460 g/mol. The van der Waals surface area contributed by atoms with Crippen molar-refractivity contribution in [1.29, 1.82) is 0 Å². The first-order valence-electron chi connectivity index (χ1n) is 10.7. The minimum atomic E-state index is -0.631. The summed E-state index contributed by atoms with van der Waals surface area (Å²) in [6.45, 7) is 4.04. The number of benzene rings is 2. The summed E-state index contributed by atoms with van der Waals surface area (Å²) in [5.41, 5.74) is 1.40. The summed E-state index contributed by atoms with van der Waals surface area (Å²) in [5.74, 6) is 0.673. The van der Waals surface area contributed by atoms with Gasteiger partial charge in [0, 0.05) is 25.1 Å². The first-order valence-corrected chi connectivity index (χ1v) is 11.5. The van der Waals surface area contributed by atoms with Gasteiger partial charge in [-0.05, 0) is 52.9 Å². The zero-order valence-corrected chi connectivity index (χ0v) is 19.6. The van der Waals surface area contributed by atoms with Crippen LogP contribution in [-0.4, -0.2) is 49.6 Å². The van der Waals surface area contributed by atoms with Gasteiger partial charge in [-0.1, -0.05) is 37.3 Å². The van der Waals surface area contributed by atoms with Gasteiger partial charge < -0.3 is 19.7 Å². The van der Waals surface area contributed by atoms with Crippen LogP contribution in [0.3, 0.4) is 0 Å². The number of ether oxygens (including phenoxy) is 2. The van der Waals surface area contributed by atoms with Crippen LogP contribution in [0.15, 0.2) is 46.9 Å². The lowest BCUT2D eigenvalue weighted by Gasteiger charge is -2.24. The van der Waals surface area contributed by atoms with E-state index in [1.165, 1.54) is 7.11 Å². The van der Waals surface area contributed by atoms with Crippen molar-refractivity contribution in [2.45, 2.75) is 38.6 Å². The third-order valence-electron chi connectivity index (χ3n) is 5.25. The van der Waals surface area contributed by atoms with Crippen LogP contribution in [0.1, 0.15) is 42.1 Å². The molecule has 31 heavy (non-hydrogen) atoms. The minimum absolute atomic E-state index is 0.0383. The number of nitrogens with zero attached hydrogens (tertiary/aromatic N) is 1. The summed E-state index contributed by atoms with van der Waals surface area (Å²) in [5, 5.41) is 2.95. The number of carbonyl (C=O) groups excluding carboxylic acids is 2. The van der Waals surface area contributed by atoms with Crippen molar-refractivity contribution in [2.75, 3.05) is 26.8 Å². The Bertz CT molecular complexity index is 898. The van der Waals surface area contributed by atoms with Gasteiger partial charge in [-0.15, -0.1) is 0 Å². The van der Waals surface area contributed by atoms with Crippen molar-refractivity contribution < 1.29 is 19.1 Å². The van der Waals surface area contributed by atoms with Gasteiger partial charge in [-0.2, -0.15) is 0 Å². The molecular formula is C24H29BrN2O4. The molecule has 0 aliphatic carbocycles. The molecule has 2 aromatic rings. The fourth-order valence-corrected chi connectivity index (χ4v) is 4.20. The average Bonchev–Trinajstić information content (AvgIpc) is 3.32. The zero-order chi connectivity index (χ0) is 22.2. The molecule has 2 amide bonds. The molecule has 0 saturated carbocycles. The van der Waals surface area contributed by atoms with Gasteiger partial charge in [-0.25, -0.2) is 0 Å². The van der Waals surface area contributed by atoms with Gasteiger partial charge in [0.25, 0.3) is 5.91 Å². The maximum Gasteiger partial charge on any atom is 0.252 e. The minimum Gasteiger partial charge on any atom is -0.493 e. The Labute approximate surface area is 192 Å². The van der Waals surface area contributed by atoms with Crippen molar-refractivity contribution in [1.82, 2.24) is 10.2 Å². The van der Waals surface area contributed by atoms with Crippen molar-refractivity contribution in [3.05, 3.63) is 58.1 Å². The SMILES string of the molecule is CCCOc1c(Br)cc(C(=O)NC(Cc2ccccc2)C(=O)N2CCCC2)cc1OC. The third-order valence-corrected chi connectivity index (χ3v) is 5.84. The monoisotopic (exact) mass is 488 g/mol. The van der Waals surface area contributed by atoms with Crippen LogP contribution >= 0.6 is 15.9 Å². The van der Waals surface area contributed by atoms with Crippen LogP contribution in [0.25, 0.3) is 0 Å². The lowest BCUT2D eigenvalue weighted by Crippen LogP contribution is -2.49. The Morgan fingerprint density at radius 1 is 1.16 bits per heavy atom. The Morgan fingerprint density at radius 2 is 1.87 bits per heavy atom. The fourth-order valence-electron chi connectivity index (χ4n) is 3.64. The molecule has 0 bridgehead atoms. The second-order valence-corrected chi connectivity index (χ2v) is 8.44. The largest absolute Gasteiger partial charge is 0.493 e. The molecule has 0 aromatic heterocycles. The highest BCUT2D eigenvalue weighted by Gasteiger charge is 2.29. The maximum absolute atomic E-state index is 13.1. The summed E-state index contributed by atoms with van der Waals surface area (Å²) in [6, 6.07) is 12.5. The van der Waals surface area contributed by atoms with Crippen molar-refractivity contribution in [3.8, 4) is 11.5 Å². The number of likely N-dealkylation sites (tertiary alicyclic amines) is 1. The number of nitrogens with one attached hydrogen (secondary N) is 1. The Hall–Kier alpha value is -2.54. The Morgan fingerprint density at radius 3 is 2.52 bits per heavy atom. The van der Waals surface area contributed by atoms with Crippen LogP contribution in [0.5, 0.6) is 11.5 Å². The summed E-state index contributed by atoms with van der Waals surface area (Å²) < 4.78 is 11.8. The zero-order valence-electron chi connectivity index (χ0n) is 18.0. The van der Waals surface area contributed by atoms with E-state index in [1.54, 1.807) is 12.1 Å². The molecule has 2 aromatic carbocycles. The van der Waals surface area contributed by atoms with E-state index in [4.69, 9.17) is 9.47 Å². The van der Waals surface area contributed by atoms with E-state index >= 15 is 0 Å². The number of halogens is 1. The summed E-state index contributed by atoms with van der Waals surface area (Å²) in [7, 11) is 1.54. The molecule has 1 heterocycles. The molecule has 1 aliphatic rings. The van der Waals surface area contributed by atoms with E-state index in [0.29, 0.717) is 34.6 Å². The number of rotatable bonds is 9. The summed E-state index contributed by atoms with van der Waals surface area (Å²) in [6.07, 6.45) is 3.30. The van der Waals surface area contributed by atoms with Gasteiger partial charge >= 0.3 is 0 Å². The Kier molecular flexibility index (Phi) is 8.35. The predicted octanol–water partition coefficient (Wildman–Crippen LogP) is 4.21. The number of amides is 2. The number of hydrogen-bond acceptors (Lipinski definition) is 4. The molecule has 1 aliphatic heterocycles. The molecule has 1 fully saturated rings. The molecule has 0 radical (unpaired) electrons. The van der Waals surface area contributed by atoms with Crippen LogP contribution in [0, 0.1) is 0 Å². The van der Waals surface area contributed by atoms with Crippen molar-refractivity contribution >= 4 is 27.7 Å². The molecule has 3 rings (SSSR count). The van der Waals surface area contributed by atoms with Gasteiger partial charge in [0.05, 0.1) is 18.2 Å². The highest BCUT2D eigenvalue weighted by Crippen LogP contribution is 2.36. The third kappa shape index (κ3) is 6.00. The molecule has 166 valence electrons. The normalized spacial score (nSPS) is 14.2. The maximum atomic E-state index is 13.1. The molecule has 0 spiro atoms. The molecule has 6 nitrogen and oxygen atoms in total.